The van der Waals surface area contributed by atoms with Crippen LogP contribution in [0, 0.1) is 27.3 Å². The monoisotopic (exact) mass is 272 g/mol. The number of nitro benzene ring substituents is 1. The lowest BCUT2D eigenvalue weighted by atomic mass is 10.1. The number of rotatable bonds is 4. The zero-order valence-electron chi connectivity index (χ0n) is 10.2. The minimum absolute atomic E-state index is 0.0223. The summed E-state index contributed by atoms with van der Waals surface area (Å²) in [5.41, 5.74) is 0.571. The van der Waals surface area contributed by atoms with Crippen LogP contribution in [-0.4, -0.2) is 4.92 Å². The third-order valence-corrected chi connectivity index (χ3v) is 2.60. The standard InChI is InChI=1S/C14H9FN2O3/c15-14-6-1-10(7-11(14)8-16)9-20-13-4-2-12(3-5-13)17(18)19/h1-7H,9H2. The molecule has 0 N–H and O–H groups in total. The third-order valence-electron chi connectivity index (χ3n) is 2.60. The number of hydrogen-bond acceptors (Lipinski definition) is 4. The Labute approximate surface area is 114 Å². The molecular weight excluding hydrogens is 263 g/mol. The lowest BCUT2D eigenvalue weighted by Crippen LogP contribution is -1.97. The topological polar surface area (TPSA) is 76.2 Å². The highest BCUT2D eigenvalue weighted by Crippen LogP contribution is 2.19. The lowest BCUT2D eigenvalue weighted by molar-refractivity contribution is -0.384. The maximum atomic E-state index is 13.1. The van der Waals surface area contributed by atoms with Crippen LogP contribution in [0.3, 0.4) is 0 Å². The summed E-state index contributed by atoms with van der Waals surface area (Å²) in [4.78, 5) is 10.00. The molecule has 20 heavy (non-hydrogen) atoms. The Morgan fingerprint density at radius 2 is 1.95 bits per heavy atom. The lowest BCUT2D eigenvalue weighted by Gasteiger charge is -2.06. The predicted molar refractivity (Wildman–Crippen MR) is 68.5 cm³/mol. The Morgan fingerprint density at radius 1 is 1.25 bits per heavy atom. The summed E-state index contributed by atoms with van der Waals surface area (Å²) < 4.78 is 18.5. The summed E-state index contributed by atoms with van der Waals surface area (Å²) in [6, 6.07) is 11.5. The number of halogens is 1. The molecule has 0 unspecified atom stereocenters. The van der Waals surface area contributed by atoms with E-state index < -0.39 is 10.7 Å². The second-order valence-corrected chi connectivity index (χ2v) is 3.97. The van der Waals surface area contributed by atoms with Gasteiger partial charge in [0, 0.05) is 12.1 Å². The largest absolute Gasteiger partial charge is 0.489 e. The van der Waals surface area contributed by atoms with Crippen molar-refractivity contribution in [2.24, 2.45) is 0 Å². The average molecular weight is 272 g/mol. The van der Waals surface area contributed by atoms with Crippen LogP contribution < -0.4 is 4.74 Å². The highest BCUT2D eigenvalue weighted by Gasteiger charge is 2.06. The Kier molecular flexibility index (Phi) is 3.91. The first kappa shape index (κ1) is 13.5. The van der Waals surface area contributed by atoms with Gasteiger partial charge in [0.05, 0.1) is 10.5 Å². The third kappa shape index (κ3) is 3.09. The summed E-state index contributed by atoms with van der Waals surface area (Å²) in [6.45, 7) is 0.146. The molecule has 6 heteroatoms. The molecule has 0 aromatic heterocycles. The fourth-order valence-corrected chi connectivity index (χ4v) is 1.58. The SMILES string of the molecule is N#Cc1cc(COc2ccc([N+](=O)[O-])cc2)ccc1F. The van der Waals surface area contributed by atoms with E-state index in [9.17, 15) is 14.5 Å². The molecule has 0 fully saturated rings. The summed E-state index contributed by atoms with van der Waals surface area (Å²) in [6.07, 6.45) is 0. The second kappa shape index (κ2) is 5.80. The second-order valence-electron chi connectivity index (χ2n) is 3.97. The van der Waals surface area contributed by atoms with Gasteiger partial charge in [-0.1, -0.05) is 6.07 Å². The van der Waals surface area contributed by atoms with Gasteiger partial charge in [0.15, 0.2) is 0 Å². The molecule has 2 aromatic rings. The fourth-order valence-electron chi connectivity index (χ4n) is 1.58. The number of non-ortho nitro benzene ring substituents is 1. The quantitative estimate of drug-likeness (QED) is 0.632. The Hall–Kier alpha value is -2.94. The van der Waals surface area contributed by atoms with E-state index in [1.54, 1.807) is 6.07 Å². The van der Waals surface area contributed by atoms with Gasteiger partial charge in [0.2, 0.25) is 0 Å². The Balaban J connectivity index is 2.05. The van der Waals surface area contributed by atoms with Crippen LogP contribution in [0.4, 0.5) is 10.1 Å². The van der Waals surface area contributed by atoms with Crippen LogP contribution in [0.15, 0.2) is 42.5 Å². The maximum Gasteiger partial charge on any atom is 0.269 e. The number of nitriles is 1. The maximum absolute atomic E-state index is 13.1. The van der Waals surface area contributed by atoms with E-state index >= 15 is 0 Å². The van der Waals surface area contributed by atoms with Crippen LogP contribution in [0.1, 0.15) is 11.1 Å². The number of nitro groups is 1. The zero-order valence-corrected chi connectivity index (χ0v) is 10.2. The molecule has 0 saturated carbocycles. The first-order chi connectivity index (χ1) is 9.60. The molecule has 0 heterocycles. The molecule has 2 aromatic carbocycles. The summed E-state index contributed by atoms with van der Waals surface area (Å²) >= 11 is 0. The first-order valence-electron chi connectivity index (χ1n) is 5.66. The van der Waals surface area contributed by atoms with Crippen molar-refractivity contribution >= 4 is 5.69 Å². The molecule has 0 bridgehead atoms. The van der Waals surface area contributed by atoms with Gasteiger partial charge in [-0.3, -0.25) is 10.1 Å². The average Bonchev–Trinajstić information content (AvgIpc) is 2.46. The number of hydrogen-bond donors (Lipinski definition) is 0. The molecule has 5 nitrogen and oxygen atoms in total. The number of benzene rings is 2. The minimum atomic E-state index is -0.577. The van der Waals surface area contributed by atoms with Crippen molar-refractivity contribution in [3.8, 4) is 11.8 Å². The minimum Gasteiger partial charge on any atom is -0.489 e. The summed E-state index contributed by atoms with van der Waals surface area (Å²) in [5, 5.41) is 19.2. The molecule has 0 spiro atoms. The predicted octanol–water partition coefficient (Wildman–Crippen LogP) is 3.18. The van der Waals surface area contributed by atoms with Crippen molar-refractivity contribution in [2.75, 3.05) is 0 Å². The van der Waals surface area contributed by atoms with E-state index in [1.165, 1.54) is 42.5 Å². The molecule has 0 saturated heterocycles. The molecule has 0 aliphatic rings. The van der Waals surface area contributed by atoms with Crippen LogP contribution >= 0.6 is 0 Å². The van der Waals surface area contributed by atoms with Gasteiger partial charge in [-0.05, 0) is 29.8 Å². The van der Waals surface area contributed by atoms with Gasteiger partial charge in [-0.2, -0.15) is 5.26 Å². The highest BCUT2D eigenvalue weighted by molar-refractivity contribution is 5.37. The van der Waals surface area contributed by atoms with Crippen molar-refractivity contribution in [2.45, 2.75) is 6.61 Å². The van der Waals surface area contributed by atoms with Gasteiger partial charge in [0.1, 0.15) is 24.2 Å². The van der Waals surface area contributed by atoms with Crippen molar-refractivity contribution in [3.05, 3.63) is 69.5 Å². The van der Waals surface area contributed by atoms with Crippen molar-refractivity contribution in [1.29, 1.82) is 5.26 Å². The molecule has 0 aliphatic heterocycles. The molecule has 2 rings (SSSR count). The summed E-state index contributed by atoms with van der Waals surface area (Å²) in [5.74, 6) is -0.120. The van der Waals surface area contributed by atoms with Crippen molar-refractivity contribution < 1.29 is 14.1 Å². The zero-order chi connectivity index (χ0) is 14.5. The summed E-state index contributed by atoms with van der Waals surface area (Å²) in [7, 11) is 0. The molecule has 0 radical (unpaired) electrons. The van der Waals surface area contributed by atoms with E-state index in [0.717, 1.165) is 0 Å². The molecule has 0 amide bonds. The van der Waals surface area contributed by atoms with Crippen molar-refractivity contribution in [3.63, 3.8) is 0 Å². The highest BCUT2D eigenvalue weighted by atomic mass is 19.1. The number of ether oxygens (including phenoxy) is 1. The van der Waals surface area contributed by atoms with Gasteiger partial charge in [-0.25, -0.2) is 4.39 Å². The van der Waals surface area contributed by atoms with Gasteiger partial charge in [-0.15, -0.1) is 0 Å². The van der Waals surface area contributed by atoms with Gasteiger partial charge in [0.25, 0.3) is 5.69 Å². The van der Waals surface area contributed by atoms with Crippen LogP contribution in [-0.2, 0) is 6.61 Å². The van der Waals surface area contributed by atoms with E-state index in [-0.39, 0.29) is 17.9 Å². The van der Waals surface area contributed by atoms with Crippen molar-refractivity contribution in [1.82, 2.24) is 0 Å². The normalized spacial score (nSPS) is 9.80. The molecule has 0 atom stereocenters. The molecule has 100 valence electrons. The van der Waals surface area contributed by atoms with E-state index in [1.807, 2.05) is 0 Å². The van der Waals surface area contributed by atoms with Gasteiger partial charge < -0.3 is 4.74 Å². The van der Waals surface area contributed by atoms with E-state index in [4.69, 9.17) is 10.00 Å². The Bertz CT molecular complexity index is 678. The Morgan fingerprint density at radius 3 is 2.55 bits per heavy atom. The first-order valence-corrected chi connectivity index (χ1v) is 5.66. The molecular formula is C14H9FN2O3. The van der Waals surface area contributed by atoms with E-state index in [2.05, 4.69) is 0 Å². The smallest absolute Gasteiger partial charge is 0.269 e. The fraction of sp³-hybridized carbons (Fsp3) is 0.0714. The van der Waals surface area contributed by atoms with E-state index in [0.29, 0.717) is 11.3 Å². The van der Waals surface area contributed by atoms with Gasteiger partial charge >= 0.3 is 0 Å². The van der Waals surface area contributed by atoms with Crippen LogP contribution in [0.25, 0.3) is 0 Å². The van der Waals surface area contributed by atoms with Crippen LogP contribution in [0.2, 0.25) is 0 Å². The molecule has 0 aliphatic carbocycles. The van der Waals surface area contributed by atoms with Crippen LogP contribution in [0.5, 0.6) is 5.75 Å². The number of nitrogens with zero attached hydrogens (tertiary/aromatic N) is 2.